The van der Waals surface area contributed by atoms with Crippen molar-refractivity contribution in [3.63, 3.8) is 0 Å². The van der Waals surface area contributed by atoms with Crippen LogP contribution in [0.1, 0.15) is 64.1 Å². The number of allylic oxidation sites excluding steroid dienone is 2. The Bertz CT molecular complexity index is 1110. The number of nitrogens with zero attached hydrogens (tertiary/aromatic N) is 5. The van der Waals surface area contributed by atoms with Gasteiger partial charge in [0.05, 0.1) is 5.41 Å². The van der Waals surface area contributed by atoms with E-state index in [1.54, 1.807) is 12.5 Å². The summed E-state index contributed by atoms with van der Waals surface area (Å²) in [6.45, 7) is 4.83. The Morgan fingerprint density at radius 2 is 2.00 bits per heavy atom. The molecule has 0 amide bonds. The first-order valence-electron chi connectivity index (χ1n) is 12.4. The highest BCUT2D eigenvalue weighted by atomic mass is 16.3. The fourth-order valence-corrected chi connectivity index (χ4v) is 5.64. The summed E-state index contributed by atoms with van der Waals surface area (Å²) in [6.07, 6.45) is 11.1. The summed E-state index contributed by atoms with van der Waals surface area (Å²) in [7, 11) is 0. The van der Waals surface area contributed by atoms with Gasteiger partial charge >= 0.3 is 0 Å². The average Bonchev–Trinajstić information content (AvgIpc) is 3.30. The van der Waals surface area contributed by atoms with Crippen LogP contribution in [0, 0.1) is 10.8 Å². The van der Waals surface area contributed by atoms with Crippen molar-refractivity contribution in [3.05, 3.63) is 41.9 Å². The van der Waals surface area contributed by atoms with Gasteiger partial charge in [-0.25, -0.2) is 15.0 Å². The minimum atomic E-state index is -0.826. The van der Waals surface area contributed by atoms with Gasteiger partial charge in [0.25, 0.3) is 0 Å². The Hall–Kier alpha value is -3.07. The molecule has 1 saturated carbocycles. The fraction of sp³-hybridized carbons (Fsp3) is 0.560. The number of nitrogens with one attached hydrogen (secondary N) is 2. The van der Waals surface area contributed by atoms with Gasteiger partial charge in [-0.15, -0.1) is 0 Å². The van der Waals surface area contributed by atoms with E-state index in [9.17, 15) is 9.90 Å². The highest BCUT2D eigenvalue weighted by Crippen LogP contribution is 2.48. The molecule has 0 radical (unpaired) electrons. The normalized spacial score (nSPS) is 26.1. The Kier molecular flexibility index (Phi) is 6.20. The van der Waals surface area contributed by atoms with Crippen molar-refractivity contribution < 1.29 is 9.90 Å². The molecular formula is C25H33N7O2. The molecule has 2 aromatic rings. The first kappa shape index (κ1) is 22.7. The molecule has 3 heterocycles. The van der Waals surface area contributed by atoms with Gasteiger partial charge in [-0.05, 0) is 52.0 Å². The lowest BCUT2D eigenvalue weighted by Crippen LogP contribution is -2.40. The number of carbonyl (C=O) groups is 1. The van der Waals surface area contributed by atoms with E-state index in [1.807, 2.05) is 16.8 Å². The van der Waals surface area contributed by atoms with E-state index in [-0.39, 0.29) is 29.1 Å². The maximum atomic E-state index is 12.9. The first-order valence-corrected chi connectivity index (χ1v) is 12.4. The van der Waals surface area contributed by atoms with E-state index in [1.165, 1.54) is 0 Å². The van der Waals surface area contributed by atoms with Crippen LogP contribution in [0.3, 0.4) is 0 Å². The second-order valence-electron chi connectivity index (χ2n) is 9.75. The summed E-state index contributed by atoms with van der Waals surface area (Å²) in [5, 5.41) is 23.8. The molecule has 3 aliphatic rings. The third-order valence-corrected chi connectivity index (χ3v) is 7.57. The maximum Gasteiger partial charge on any atom is 0.181 e. The smallest absolute Gasteiger partial charge is 0.181 e. The van der Waals surface area contributed by atoms with Crippen LogP contribution in [0.15, 0.2) is 36.1 Å². The molecule has 5 rings (SSSR count). The van der Waals surface area contributed by atoms with Crippen molar-refractivity contribution in [2.45, 2.75) is 64.3 Å². The molecule has 0 unspecified atom stereocenters. The number of anilines is 1. The molecule has 3 N–H and O–H groups in total. The lowest BCUT2D eigenvalue weighted by Gasteiger charge is -2.39. The molecule has 1 spiro atoms. The predicted molar refractivity (Wildman–Crippen MR) is 130 cm³/mol. The van der Waals surface area contributed by atoms with Crippen LogP contribution in [-0.4, -0.2) is 61.8 Å². The van der Waals surface area contributed by atoms with E-state index in [2.05, 4.69) is 22.1 Å². The highest BCUT2D eigenvalue weighted by molar-refractivity contribution is 6.09. The Morgan fingerprint density at radius 3 is 2.79 bits per heavy atom. The number of aliphatic hydroxyl groups excluding tert-OH is 1. The largest absolute Gasteiger partial charge is 0.511 e. The number of carbonyl (C=O) groups excluding carboxylic acids is 1. The van der Waals surface area contributed by atoms with Crippen molar-refractivity contribution in [2.24, 2.45) is 5.41 Å². The van der Waals surface area contributed by atoms with Crippen LogP contribution in [0.2, 0.25) is 0 Å². The molecule has 34 heavy (non-hydrogen) atoms. The van der Waals surface area contributed by atoms with Gasteiger partial charge in [-0.2, -0.15) is 0 Å². The summed E-state index contributed by atoms with van der Waals surface area (Å²) in [6, 6.07) is 2.17. The van der Waals surface area contributed by atoms with E-state index in [0.717, 1.165) is 51.1 Å². The molecule has 0 aromatic carbocycles. The Morgan fingerprint density at radius 1 is 1.18 bits per heavy atom. The topological polar surface area (TPSA) is 120 Å². The molecule has 1 aliphatic heterocycles. The van der Waals surface area contributed by atoms with Gasteiger partial charge in [0.1, 0.15) is 35.2 Å². The minimum Gasteiger partial charge on any atom is -0.511 e. The lowest BCUT2D eigenvalue weighted by atomic mass is 9.64. The molecule has 2 aliphatic carbocycles. The highest BCUT2D eigenvalue weighted by Gasteiger charge is 2.47. The number of aromatic nitrogens is 4. The number of hydrogen-bond donors (Lipinski definition) is 3. The molecule has 2 atom stereocenters. The van der Waals surface area contributed by atoms with Crippen LogP contribution in [-0.2, 0) is 4.79 Å². The third-order valence-electron chi connectivity index (χ3n) is 7.57. The van der Waals surface area contributed by atoms with Gasteiger partial charge in [-0.1, -0.05) is 6.42 Å². The van der Waals surface area contributed by atoms with Gasteiger partial charge in [0.15, 0.2) is 5.82 Å². The predicted octanol–water partition coefficient (Wildman–Crippen LogP) is 3.34. The summed E-state index contributed by atoms with van der Waals surface area (Å²) in [5.74, 6) is 1.85. The summed E-state index contributed by atoms with van der Waals surface area (Å²) in [5.41, 5.74) is -0.201. The zero-order valence-corrected chi connectivity index (χ0v) is 19.8. The lowest BCUT2D eigenvalue weighted by molar-refractivity contribution is -0.131. The molecule has 9 nitrogen and oxygen atoms in total. The van der Waals surface area contributed by atoms with E-state index in [4.69, 9.17) is 15.4 Å². The van der Waals surface area contributed by atoms with Crippen molar-refractivity contribution >= 4 is 17.3 Å². The molecule has 2 fully saturated rings. The van der Waals surface area contributed by atoms with Crippen LogP contribution < -0.4 is 10.2 Å². The quantitative estimate of drug-likeness (QED) is 0.595. The third kappa shape index (κ3) is 4.02. The number of ketones is 1. The summed E-state index contributed by atoms with van der Waals surface area (Å²) >= 11 is 0. The molecule has 2 aromatic heterocycles. The van der Waals surface area contributed by atoms with Gasteiger partial charge in [0.2, 0.25) is 0 Å². The molecule has 0 bridgehead atoms. The monoisotopic (exact) mass is 463 g/mol. The summed E-state index contributed by atoms with van der Waals surface area (Å²) < 4.78 is 1.81. The molecule has 1 saturated heterocycles. The van der Waals surface area contributed by atoms with Gasteiger partial charge in [0, 0.05) is 49.6 Å². The van der Waals surface area contributed by atoms with Crippen molar-refractivity contribution in [3.8, 4) is 5.82 Å². The number of imidazole rings is 1. The first-order chi connectivity index (χ1) is 16.5. The van der Waals surface area contributed by atoms with E-state index >= 15 is 0 Å². The number of Topliss-reactive ketones (excluding diaryl/α,β-unsaturated/α-hetero) is 1. The molecule has 9 heteroatoms. The standard InChI is InChI=1S/C25H33N7O2/c1-17-15-27-10-5-12-32(17)21-14-20(31-13-11-28-16-31)29-24(30-21)22(26)18-6-4-9-25(23(18)34)8-3-2-7-19(25)33/h11,13-14,16-17,26-27,34H,2-10,12,15H2,1H3/t17-,25+/m0/s1. The van der Waals surface area contributed by atoms with Gasteiger partial charge in [-0.3, -0.25) is 14.8 Å². The van der Waals surface area contributed by atoms with Crippen molar-refractivity contribution in [1.82, 2.24) is 24.8 Å². The average molecular weight is 464 g/mol. The number of aliphatic hydroxyl groups is 1. The van der Waals surface area contributed by atoms with E-state index in [0.29, 0.717) is 37.1 Å². The zero-order valence-electron chi connectivity index (χ0n) is 19.8. The van der Waals surface area contributed by atoms with Crippen molar-refractivity contribution in [2.75, 3.05) is 24.5 Å². The minimum absolute atomic E-state index is 0.0824. The molecule has 180 valence electrons. The summed E-state index contributed by atoms with van der Waals surface area (Å²) in [4.78, 5) is 28.8. The number of hydrogen-bond acceptors (Lipinski definition) is 8. The number of rotatable bonds is 4. The zero-order chi connectivity index (χ0) is 23.7. The van der Waals surface area contributed by atoms with Gasteiger partial charge < -0.3 is 15.3 Å². The van der Waals surface area contributed by atoms with Crippen LogP contribution >= 0.6 is 0 Å². The van der Waals surface area contributed by atoms with Crippen LogP contribution in [0.4, 0.5) is 5.82 Å². The SMILES string of the molecule is C[C@H]1CNCCCN1c1cc(-n2ccnc2)nc(C(=N)C2=C(O)[C@]3(CCCCC3=O)CCC2)n1. The second-order valence-corrected chi connectivity index (χ2v) is 9.75. The maximum absolute atomic E-state index is 12.9. The Labute approximate surface area is 199 Å². The van der Waals surface area contributed by atoms with Crippen LogP contribution in [0.25, 0.3) is 5.82 Å². The van der Waals surface area contributed by atoms with Crippen LogP contribution in [0.5, 0.6) is 0 Å². The molecular weight excluding hydrogens is 430 g/mol. The van der Waals surface area contributed by atoms with E-state index < -0.39 is 5.41 Å². The Balaban J connectivity index is 1.58. The van der Waals surface area contributed by atoms with Crippen molar-refractivity contribution in [1.29, 1.82) is 5.41 Å². The fourth-order valence-electron chi connectivity index (χ4n) is 5.64. The second kappa shape index (κ2) is 9.29.